The first-order valence-corrected chi connectivity index (χ1v) is 6.40. The predicted octanol–water partition coefficient (Wildman–Crippen LogP) is 3.91. The Hall–Kier alpha value is -1.83. The van der Waals surface area contributed by atoms with Crippen LogP contribution in [0.2, 0.25) is 0 Å². The van der Waals surface area contributed by atoms with E-state index in [9.17, 15) is 0 Å². The van der Waals surface area contributed by atoms with E-state index in [1.54, 1.807) is 0 Å². The van der Waals surface area contributed by atoms with Crippen LogP contribution in [-0.4, -0.2) is 11.5 Å². The van der Waals surface area contributed by atoms with E-state index in [1.165, 1.54) is 5.56 Å². The van der Waals surface area contributed by atoms with Crippen molar-refractivity contribution in [1.82, 2.24) is 4.98 Å². The molecule has 1 aromatic heterocycles. The van der Waals surface area contributed by atoms with Crippen LogP contribution >= 0.6 is 0 Å². The number of hydrogen-bond acceptors (Lipinski definition) is 2. The van der Waals surface area contributed by atoms with Gasteiger partial charge in [0, 0.05) is 12.2 Å². The van der Waals surface area contributed by atoms with Gasteiger partial charge in [-0.05, 0) is 37.5 Å². The summed E-state index contributed by atoms with van der Waals surface area (Å²) in [6.45, 7) is 7.22. The molecule has 0 fully saturated rings. The number of aryl methyl sites for hydroxylation is 2. The first-order chi connectivity index (χ1) is 8.66. The maximum atomic E-state index is 4.46. The molecule has 0 bridgehead atoms. The molecule has 0 aliphatic heterocycles. The summed E-state index contributed by atoms with van der Waals surface area (Å²) in [5, 5.41) is 3.48. The molecule has 2 nitrogen and oxygen atoms in total. The zero-order chi connectivity index (χ0) is 13.0. The average molecular weight is 240 g/mol. The second-order valence-electron chi connectivity index (χ2n) is 4.78. The highest BCUT2D eigenvalue weighted by atomic mass is 14.9. The molecule has 0 saturated carbocycles. The quantitative estimate of drug-likeness (QED) is 0.876. The lowest BCUT2D eigenvalue weighted by Crippen LogP contribution is -2.11. The third kappa shape index (κ3) is 3.10. The van der Waals surface area contributed by atoms with Gasteiger partial charge in [0.1, 0.15) is 0 Å². The van der Waals surface area contributed by atoms with E-state index in [0.29, 0.717) is 5.92 Å². The van der Waals surface area contributed by atoms with Crippen molar-refractivity contribution >= 4 is 5.69 Å². The molecule has 1 heterocycles. The van der Waals surface area contributed by atoms with Gasteiger partial charge in [0.15, 0.2) is 0 Å². The normalized spacial score (nSPS) is 12.2. The van der Waals surface area contributed by atoms with Crippen LogP contribution in [0, 0.1) is 13.8 Å². The van der Waals surface area contributed by atoms with Crippen molar-refractivity contribution in [3.05, 3.63) is 59.4 Å². The standard InChI is InChI=1S/C16H20N2/c1-12(15-7-5-4-6-8-15)11-17-16-10-9-13(2)18-14(16)3/h4-10,12,17H,11H2,1-3H3. The van der Waals surface area contributed by atoms with Crippen LogP contribution < -0.4 is 5.32 Å². The van der Waals surface area contributed by atoms with Crippen LogP contribution in [-0.2, 0) is 0 Å². The Morgan fingerprint density at radius 2 is 1.78 bits per heavy atom. The van der Waals surface area contributed by atoms with Gasteiger partial charge in [-0.1, -0.05) is 37.3 Å². The second-order valence-corrected chi connectivity index (χ2v) is 4.78. The molecular formula is C16H20N2. The van der Waals surface area contributed by atoms with Gasteiger partial charge in [0.05, 0.1) is 11.4 Å². The summed E-state index contributed by atoms with van der Waals surface area (Å²) in [6.07, 6.45) is 0. The van der Waals surface area contributed by atoms with Crippen LogP contribution in [0.25, 0.3) is 0 Å². The van der Waals surface area contributed by atoms with Crippen molar-refractivity contribution in [3.8, 4) is 0 Å². The first-order valence-electron chi connectivity index (χ1n) is 6.40. The van der Waals surface area contributed by atoms with E-state index >= 15 is 0 Å². The Labute approximate surface area is 109 Å². The lowest BCUT2D eigenvalue weighted by Gasteiger charge is -2.15. The number of nitrogens with one attached hydrogen (secondary N) is 1. The Balaban J connectivity index is 1.99. The van der Waals surface area contributed by atoms with Crippen LogP contribution in [0.1, 0.15) is 29.8 Å². The zero-order valence-electron chi connectivity index (χ0n) is 11.3. The summed E-state index contributed by atoms with van der Waals surface area (Å²) in [4.78, 5) is 4.46. The third-order valence-electron chi connectivity index (χ3n) is 3.19. The first kappa shape index (κ1) is 12.6. The van der Waals surface area contributed by atoms with E-state index in [0.717, 1.165) is 23.6 Å². The third-order valence-corrected chi connectivity index (χ3v) is 3.19. The van der Waals surface area contributed by atoms with Gasteiger partial charge in [-0.15, -0.1) is 0 Å². The van der Waals surface area contributed by atoms with Crippen molar-refractivity contribution in [2.75, 3.05) is 11.9 Å². The lowest BCUT2D eigenvalue weighted by molar-refractivity contribution is 0.803. The maximum Gasteiger partial charge on any atom is 0.0606 e. The van der Waals surface area contributed by atoms with Gasteiger partial charge in [-0.2, -0.15) is 0 Å². The Bertz CT molecular complexity index is 506. The van der Waals surface area contributed by atoms with Crippen molar-refractivity contribution in [1.29, 1.82) is 0 Å². The molecule has 94 valence electrons. The van der Waals surface area contributed by atoms with Gasteiger partial charge in [-0.25, -0.2) is 0 Å². The zero-order valence-corrected chi connectivity index (χ0v) is 11.3. The smallest absolute Gasteiger partial charge is 0.0606 e. The molecule has 0 radical (unpaired) electrons. The molecule has 18 heavy (non-hydrogen) atoms. The molecule has 1 aromatic carbocycles. The molecule has 0 spiro atoms. The molecule has 0 saturated heterocycles. The molecule has 0 aliphatic rings. The highest BCUT2D eigenvalue weighted by molar-refractivity contribution is 5.48. The number of rotatable bonds is 4. The molecular weight excluding hydrogens is 220 g/mol. The van der Waals surface area contributed by atoms with Gasteiger partial charge in [-0.3, -0.25) is 4.98 Å². The van der Waals surface area contributed by atoms with E-state index in [2.05, 4.69) is 53.6 Å². The van der Waals surface area contributed by atoms with Gasteiger partial charge < -0.3 is 5.32 Å². The summed E-state index contributed by atoms with van der Waals surface area (Å²) in [7, 11) is 0. The van der Waals surface area contributed by atoms with Gasteiger partial charge >= 0.3 is 0 Å². The summed E-state index contributed by atoms with van der Waals surface area (Å²) >= 11 is 0. The van der Waals surface area contributed by atoms with Gasteiger partial charge in [0.2, 0.25) is 0 Å². The minimum atomic E-state index is 0.493. The van der Waals surface area contributed by atoms with Crippen molar-refractivity contribution in [2.45, 2.75) is 26.7 Å². The molecule has 0 aliphatic carbocycles. The van der Waals surface area contributed by atoms with Crippen LogP contribution in [0.4, 0.5) is 5.69 Å². The van der Waals surface area contributed by atoms with Crippen molar-refractivity contribution in [3.63, 3.8) is 0 Å². The van der Waals surface area contributed by atoms with Gasteiger partial charge in [0.25, 0.3) is 0 Å². The predicted molar refractivity (Wildman–Crippen MR) is 77.1 cm³/mol. The fraction of sp³-hybridized carbons (Fsp3) is 0.312. The average Bonchev–Trinajstić information content (AvgIpc) is 2.38. The number of pyridine rings is 1. The van der Waals surface area contributed by atoms with Crippen molar-refractivity contribution < 1.29 is 0 Å². The molecule has 2 aromatic rings. The molecule has 2 rings (SSSR count). The van der Waals surface area contributed by atoms with E-state index < -0.39 is 0 Å². The van der Waals surface area contributed by atoms with Crippen molar-refractivity contribution in [2.24, 2.45) is 0 Å². The number of anilines is 1. The number of nitrogens with zero attached hydrogens (tertiary/aromatic N) is 1. The van der Waals surface area contributed by atoms with Crippen LogP contribution in [0.15, 0.2) is 42.5 Å². The van der Waals surface area contributed by atoms with E-state index in [4.69, 9.17) is 0 Å². The fourth-order valence-electron chi connectivity index (χ4n) is 2.04. The topological polar surface area (TPSA) is 24.9 Å². The SMILES string of the molecule is Cc1ccc(NCC(C)c2ccccc2)c(C)n1. The van der Waals surface area contributed by atoms with Crippen LogP contribution in [0.5, 0.6) is 0 Å². The Morgan fingerprint density at radius 1 is 1.06 bits per heavy atom. The molecule has 0 amide bonds. The van der Waals surface area contributed by atoms with E-state index in [1.807, 2.05) is 19.9 Å². The fourth-order valence-corrected chi connectivity index (χ4v) is 2.04. The minimum absolute atomic E-state index is 0.493. The molecule has 1 unspecified atom stereocenters. The summed E-state index contributed by atoms with van der Waals surface area (Å²) in [5.41, 5.74) is 4.62. The lowest BCUT2D eigenvalue weighted by atomic mass is 10.0. The largest absolute Gasteiger partial charge is 0.383 e. The number of aromatic nitrogens is 1. The van der Waals surface area contributed by atoms with E-state index in [-0.39, 0.29) is 0 Å². The number of hydrogen-bond donors (Lipinski definition) is 1. The molecule has 2 heteroatoms. The molecule has 1 atom stereocenters. The molecule has 1 N–H and O–H groups in total. The summed E-state index contributed by atoms with van der Waals surface area (Å²) in [5.74, 6) is 0.493. The minimum Gasteiger partial charge on any atom is -0.383 e. The number of benzene rings is 1. The maximum absolute atomic E-state index is 4.46. The Morgan fingerprint density at radius 3 is 2.44 bits per heavy atom. The highest BCUT2D eigenvalue weighted by Gasteiger charge is 2.05. The Kier molecular flexibility index (Phi) is 3.98. The summed E-state index contributed by atoms with van der Waals surface area (Å²) in [6, 6.07) is 14.7. The highest BCUT2D eigenvalue weighted by Crippen LogP contribution is 2.17. The van der Waals surface area contributed by atoms with Crippen LogP contribution in [0.3, 0.4) is 0 Å². The summed E-state index contributed by atoms with van der Waals surface area (Å²) < 4.78 is 0. The second kappa shape index (κ2) is 5.67. The monoisotopic (exact) mass is 240 g/mol.